The van der Waals surface area contributed by atoms with Crippen LogP contribution in [-0.2, 0) is 19.1 Å². The molecule has 1 aromatic rings. The summed E-state index contributed by atoms with van der Waals surface area (Å²) < 4.78 is 11.4. The number of hydrogen-bond donors (Lipinski definition) is 1. The Labute approximate surface area is 165 Å². The molecule has 0 spiro atoms. The second-order valence-electron chi connectivity index (χ2n) is 7.44. The number of nitrogens with zero attached hydrogens (tertiary/aromatic N) is 1. The maximum atomic E-state index is 12.8. The summed E-state index contributed by atoms with van der Waals surface area (Å²) in [5.74, 6) is -0.141. The number of anilines is 2. The fourth-order valence-corrected chi connectivity index (χ4v) is 3.62. The Morgan fingerprint density at radius 2 is 2.22 bits per heavy atom. The van der Waals surface area contributed by atoms with Gasteiger partial charge >= 0.3 is 0 Å². The van der Waals surface area contributed by atoms with Crippen LogP contribution in [0.1, 0.15) is 39.5 Å². The lowest BCUT2D eigenvalue weighted by atomic mass is 10.1. The summed E-state index contributed by atoms with van der Waals surface area (Å²) in [5.41, 5.74) is 1.24. The average molecular weight is 395 g/mol. The standard InChI is InChI=1S/C20H27ClN2O4/c1-13(2)19(27-12-15-5-4-10-26-15)20(25)22-17-11-14(7-8-16(17)21)23-9-3-6-18(23)24/h7-8,11,13,15,19H,3-6,9-10,12H2,1-2H3,(H,22,25)/t15-,19+/m1/s1. The molecule has 0 bridgehead atoms. The Bertz CT molecular complexity index is 689. The van der Waals surface area contributed by atoms with Gasteiger partial charge in [-0.15, -0.1) is 0 Å². The normalized spacial score (nSPS) is 21.1. The lowest BCUT2D eigenvalue weighted by Gasteiger charge is -2.23. The van der Waals surface area contributed by atoms with Crippen molar-refractivity contribution in [3.63, 3.8) is 0 Å². The van der Waals surface area contributed by atoms with E-state index in [1.807, 2.05) is 13.8 Å². The van der Waals surface area contributed by atoms with Crippen LogP contribution in [0.15, 0.2) is 18.2 Å². The summed E-state index contributed by atoms with van der Waals surface area (Å²) in [6.07, 6.45) is 2.86. The maximum Gasteiger partial charge on any atom is 0.253 e. The molecule has 0 saturated carbocycles. The number of hydrogen-bond acceptors (Lipinski definition) is 4. The zero-order valence-corrected chi connectivity index (χ0v) is 16.6. The number of ether oxygens (including phenoxy) is 2. The molecule has 2 aliphatic heterocycles. The molecular weight excluding hydrogens is 368 g/mol. The topological polar surface area (TPSA) is 67.9 Å². The fraction of sp³-hybridized carbons (Fsp3) is 0.600. The van der Waals surface area contributed by atoms with Gasteiger partial charge in [0.05, 0.1) is 23.4 Å². The maximum absolute atomic E-state index is 12.8. The summed E-state index contributed by atoms with van der Waals surface area (Å²) in [5, 5.41) is 3.30. The fourth-order valence-electron chi connectivity index (χ4n) is 3.46. The van der Waals surface area contributed by atoms with Gasteiger partial charge in [-0.2, -0.15) is 0 Å². The summed E-state index contributed by atoms with van der Waals surface area (Å²) in [6, 6.07) is 5.26. The number of nitrogens with one attached hydrogen (secondary N) is 1. The molecule has 2 atom stereocenters. The smallest absolute Gasteiger partial charge is 0.253 e. The first-order valence-electron chi connectivity index (χ1n) is 9.59. The van der Waals surface area contributed by atoms with Crippen molar-refractivity contribution in [1.29, 1.82) is 0 Å². The van der Waals surface area contributed by atoms with Crippen molar-refractivity contribution in [1.82, 2.24) is 0 Å². The van der Waals surface area contributed by atoms with Crippen LogP contribution in [0.2, 0.25) is 5.02 Å². The predicted molar refractivity (Wildman–Crippen MR) is 105 cm³/mol. The van der Waals surface area contributed by atoms with Gasteiger partial charge < -0.3 is 19.7 Å². The highest BCUT2D eigenvalue weighted by Gasteiger charge is 2.27. The highest BCUT2D eigenvalue weighted by molar-refractivity contribution is 6.34. The molecule has 0 radical (unpaired) electrons. The number of carbonyl (C=O) groups is 2. The van der Waals surface area contributed by atoms with Crippen LogP contribution in [0.5, 0.6) is 0 Å². The lowest BCUT2D eigenvalue weighted by molar-refractivity contribution is -0.132. The number of benzene rings is 1. The van der Waals surface area contributed by atoms with Crippen LogP contribution in [0.3, 0.4) is 0 Å². The molecule has 7 heteroatoms. The van der Waals surface area contributed by atoms with E-state index < -0.39 is 6.10 Å². The van der Waals surface area contributed by atoms with E-state index in [0.29, 0.717) is 30.3 Å². The first kappa shape index (κ1) is 20.1. The second kappa shape index (κ2) is 9.04. The van der Waals surface area contributed by atoms with Crippen molar-refractivity contribution in [2.45, 2.75) is 51.7 Å². The SMILES string of the molecule is CC(C)[C@H](OC[C@H]1CCCO1)C(=O)Nc1cc(N2CCCC2=O)ccc1Cl. The van der Waals surface area contributed by atoms with Crippen LogP contribution in [-0.4, -0.2) is 43.8 Å². The molecule has 1 N–H and O–H groups in total. The molecule has 1 aromatic carbocycles. The second-order valence-corrected chi connectivity index (χ2v) is 7.84. The summed E-state index contributed by atoms with van der Waals surface area (Å²) >= 11 is 6.27. The molecule has 148 valence electrons. The molecule has 2 heterocycles. The van der Waals surface area contributed by atoms with Crippen LogP contribution >= 0.6 is 11.6 Å². The van der Waals surface area contributed by atoms with Gasteiger partial charge in [-0.1, -0.05) is 25.4 Å². The third-order valence-corrected chi connectivity index (χ3v) is 5.27. The lowest BCUT2D eigenvalue weighted by Crippen LogP contribution is -2.37. The van der Waals surface area contributed by atoms with Crippen molar-refractivity contribution in [2.75, 3.05) is 30.0 Å². The van der Waals surface area contributed by atoms with E-state index in [4.69, 9.17) is 21.1 Å². The summed E-state index contributed by atoms with van der Waals surface area (Å²) in [6.45, 7) is 5.74. The molecule has 2 saturated heterocycles. The van der Waals surface area contributed by atoms with Crippen LogP contribution in [0, 0.1) is 5.92 Å². The largest absolute Gasteiger partial charge is 0.376 e. The Hall–Kier alpha value is -1.63. The molecule has 6 nitrogen and oxygen atoms in total. The number of halogens is 1. The Kier molecular flexibility index (Phi) is 6.73. The molecule has 2 aliphatic rings. The molecule has 2 amide bonds. The van der Waals surface area contributed by atoms with E-state index in [1.165, 1.54) is 0 Å². The van der Waals surface area contributed by atoms with Gasteiger partial charge in [0, 0.05) is 25.3 Å². The third kappa shape index (κ3) is 5.00. The van der Waals surface area contributed by atoms with Crippen LogP contribution < -0.4 is 10.2 Å². The monoisotopic (exact) mass is 394 g/mol. The van der Waals surface area contributed by atoms with Crippen LogP contribution in [0.4, 0.5) is 11.4 Å². The summed E-state index contributed by atoms with van der Waals surface area (Å²) in [7, 11) is 0. The summed E-state index contributed by atoms with van der Waals surface area (Å²) in [4.78, 5) is 26.5. The van der Waals surface area contributed by atoms with Gasteiger partial charge in [-0.3, -0.25) is 9.59 Å². The van der Waals surface area contributed by atoms with Crippen molar-refractivity contribution >= 4 is 34.8 Å². The van der Waals surface area contributed by atoms with E-state index in [2.05, 4.69) is 5.32 Å². The van der Waals surface area contributed by atoms with E-state index in [-0.39, 0.29) is 23.8 Å². The van der Waals surface area contributed by atoms with Gasteiger partial charge in [0.15, 0.2) is 0 Å². The molecule has 2 fully saturated rings. The number of amides is 2. The highest BCUT2D eigenvalue weighted by atomic mass is 35.5. The molecule has 0 unspecified atom stereocenters. The van der Waals surface area contributed by atoms with Gasteiger partial charge in [-0.25, -0.2) is 0 Å². The van der Waals surface area contributed by atoms with E-state index in [0.717, 1.165) is 31.6 Å². The first-order chi connectivity index (χ1) is 13.0. The van der Waals surface area contributed by atoms with Gasteiger partial charge in [0.1, 0.15) is 6.10 Å². The van der Waals surface area contributed by atoms with E-state index >= 15 is 0 Å². The molecule has 3 rings (SSSR count). The Balaban J connectivity index is 1.67. The minimum atomic E-state index is -0.595. The van der Waals surface area contributed by atoms with E-state index in [9.17, 15) is 9.59 Å². The Morgan fingerprint density at radius 1 is 1.41 bits per heavy atom. The van der Waals surface area contributed by atoms with Gasteiger partial charge in [0.2, 0.25) is 5.91 Å². The van der Waals surface area contributed by atoms with Crippen LogP contribution in [0.25, 0.3) is 0 Å². The molecule has 0 aromatic heterocycles. The van der Waals surface area contributed by atoms with Crippen molar-refractivity contribution in [3.05, 3.63) is 23.2 Å². The number of rotatable bonds is 7. The Morgan fingerprint density at radius 3 is 2.85 bits per heavy atom. The predicted octanol–water partition coefficient (Wildman–Crippen LogP) is 3.63. The van der Waals surface area contributed by atoms with Crippen molar-refractivity contribution in [3.8, 4) is 0 Å². The quantitative estimate of drug-likeness (QED) is 0.766. The first-order valence-corrected chi connectivity index (χ1v) is 9.97. The van der Waals surface area contributed by atoms with Crippen molar-refractivity contribution in [2.24, 2.45) is 5.92 Å². The zero-order chi connectivity index (χ0) is 19.4. The number of carbonyl (C=O) groups excluding carboxylic acids is 2. The van der Waals surface area contributed by atoms with Crippen molar-refractivity contribution < 1.29 is 19.1 Å². The molecule has 0 aliphatic carbocycles. The zero-order valence-electron chi connectivity index (χ0n) is 15.9. The highest BCUT2D eigenvalue weighted by Crippen LogP contribution is 2.30. The average Bonchev–Trinajstić information content (AvgIpc) is 3.28. The van der Waals surface area contributed by atoms with Gasteiger partial charge in [0.25, 0.3) is 5.91 Å². The molecular formula is C20H27ClN2O4. The minimum absolute atomic E-state index is 0.00789. The third-order valence-electron chi connectivity index (χ3n) is 4.94. The van der Waals surface area contributed by atoms with Gasteiger partial charge in [-0.05, 0) is 43.4 Å². The minimum Gasteiger partial charge on any atom is -0.376 e. The molecule has 27 heavy (non-hydrogen) atoms. The van der Waals surface area contributed by atoms with E-state index in [1.54, 1.807) is 23.1 Å².